The molecule has 0 radical (unpaired) electrons. The monoisotopic (exact) mass is 832 g/mol. The van der Waals surface area contributed by atoms with E-state index in [9.17, 15) is 38.4 Å². The lowest BCUT2D eigenvalue weighted by molar-refractivity contribution is -0.168. The highest BCUT2D eigenvalue weighted by Gasteiger charge is 2.30. The Morgan fingerprint density at radius 2 is 1.36 bits per heavy atom. The summed E-state index contributed by atoms with van der Waals surface area (Å²) in [6, 6.07) is 3.99. The molecule has 59 heavy (non-hydrogen) atoms. The molecule has 0 aliphatic rings. The molecule has 330 valence electrons. The number of methoxy groups -OCH3 is 1. The highest BCUT2D eigenvalue weighted by atomic mass is 16.6. The molecule has 0 aromatic heterocycles. The van der Waals surface area contributed by atoms with Crippen LogP contribution < -0.4 is 21.3 Å². The fraction of sp³-hybridized carbons (Fsp3) is 0.619. The minimum atomic E-state index is -1.51. The summed E-state index contributed by atoms with van der Waals surface area (Å²) in [5.41, 5.74) is -0.111. The number of unbranched alkanes of at least 4 members (excludes halogenated alkanes) is 4. The fourth-order valence-electron chi connectivity index (χ4n) is 5.04. The van der Waals surface area contributed by atoms with E-state index in [4.69, 9.17) is 18.9 Å². The number of hydrogen-bond donors (Lipinski definition) is 4. The van der Waals surface area contributed by atoms with E-state index in [1.807, 2.05) is 19.9 Å². The molecule has 0 spiro atoms. The van der Waals surface area contributed by atoms with Gasteiger partial charge in [0, 0.05) is 19.3 Å². The Morgan fingerprint density at radius 1 is 0.712 bits per heavy atom. The van der Waals surface area contributed by atoms with Crippen LogP contribution in [0.2, 0.25) is 0 Å². The molecule has 0 aliphatic carbocycles. The number of esters is 4. The van der Waals surface area contributed by atoms with E-state index in [2.05, 4.69) is 26.0 Å². The van der Waals surface area contributed by atoms with Crippen molar-refractivity contribution in [3.8, 4) is 0 Å². The van der Waals surface area contributed by atoms with Gasteiger partial charge in [-0.2, -0.15) is 0 Å². The standard InChI is InChI=1S/C42H64N4O13/c1-9-11-13-17-23-34(47)46-32(39(52)57-27-30-19-15-14-16-20-30)24-25-35(48)45-31(36(49)43-28(3)37(50)55-8)21-18-22-33(40(53)56-26-12-10-2)58-38(51)29(4)44-41(54)59-42(5,6)7/h14-16,18-21,28-29,31-33H,9-13,17,22-27H2,1-8H3,(H,43,49)(H,44,54)(H,45,48)(H,46,47)/b21-18+/t28-,29+,31+,32-,33-/m1/s1. The lowest BCUT2D eigenvalue weighted by Gasteiger charge is -2.22. The van der Waals surface area contributed by atoms with Crippen molar-refractivity contribution in [1.82, 2.24) is 21.3 Å². The van der Waals surface area contributed by atoms with Gasteiger partial charge in [-0.1, -0.05) is 82.0 Å². The maximum atomic E-state index is 13.4. The molecule has 1 rings (SSSR count). The molecule has 0 unspecified atom stereocenters. The van der Waals surface area contributed by atoms with Crippen LogP contribution in [-0.2, 0) is 63.9 Å². The Morgan fingerprint density at radius 3 is 1.98 bits per heavy atom. The third kappa shape index (κ3) is 22.9. The molecule has 17 nitrogen and oxygen atoms in total. The molecular weight excluding hydrogens is 768 g/mol. The minimum Gasteiger partial charge on any atom is -0.467 e. The molecule has 0 saturated heterocycles. The fourth-order valence-corrected chi connectivity index (χ4v) is 5.04. The van der Waals surface area contributed by atoms with Crippen LogP contribution in [0.15, 0.2) is 42.5 Å². The number of amides is 4. The van der Waals surface area contributed by atoms with Crippen LogP contribution in [0.1, 0.15) is 118 Å². The second kappa shape index (κ2) is 28.0. The second-order valence-corrected chi connectivity index (χ2v) is 14.8. The highest BCUT2D eigenvalue weighted by molar-refractivity contribution is 5.92. The summed E-state index contributed by atoms with van der Waals surface area (Å²) >= 11 is 0. The zero-order valence-electron chi connectivity index (χ0n) is 35.7. The summed E-state index contributed by atoms with van der Waals surface area (Å²) in [6.07, 6.45) is 4.16. The zero-order valence-corrected chi connectivity index (χ0v) is 35.7. The Labute approximate surface area is 347 Å². The Balaban J connectivity index is 3.22. The average Bonchev–Trinajstić information content (AvgIpc) is 3.18. The van der Waals surface area contributed by atoms with Gasteiger partial charge in [0.25, 0.3) is 0 Å². The van der Waals surface area contributed by atoms with Gasteiger partial charge in [0.15, 0.2) is 0 Å². The lowest BCUT2D eigenvalue weighted by Crippen LogP contribution is -2.50. The second-order valence-electron chi connectivity index (χ2n) is 14.8. The molecule has 0 bridgehead atoms. The van der Waals surface area contributed by atoms with Gasteiger partial charge in [0.2, 0.25) is 23.8 Å². The van der Waals surface area contributed by atoms with Crippen molar-refractivity contribution in [2.24, 2.45) is 0 Å². The number of carbonyl (C=O) groups excluding carboxylic acids is 8. The van der Waals surface area contributed by atoms with E-state index >= 15 is 0 Å². The Bertz CT molecular complexity index is 1540. The smallest absolute Gasteiger partial charge is 0.408 e. The topological polar surface area (TPSA) is 231 Å². The van der Waals surface area contributed by atoms with Crippen LogP contribution in [0.5, 0.6) is 0 Å². The van der Waals surface area contributed by atoms with Gasteiger partial charge in [-0.3, -0.25) is 14.4 Å². The summed E-state index contributed by atoms with van der Waals surface area (Å²) in [5.74, 6) is -5.27. The van der Waals surface area contributed by atoms with E-state index in [-0.39, 0.29) is 44.8 Å². The van der Waals surface area contributed by atoms with Gasteiger partial charge in [-0.15, -0.1) is 0 Å². The molecule has 0 heterocycles. The number of hydrogen-bond acceptors (Lipinski definition) is 13. The van der Waals surface area contributed by atoms with Crippen molar-refractivity contribution in [3.63, 3.8) is 0 Å². The SMILES string of the molecule is CCCCCCC(=O)N[C@H](CCC(=O)N[C@@H](/C=C/C[C@@H](OC(=O)[C@H](C)NC(=O)OC(C)(C)C)C(=O)OCCCC)C(=O)N[C@H](C)C(=O)OC)C(=O)OCc1ccccc1. The van der Waals surface area contributed by atoms with E-state index in [0.717, 1.165) is 38.4 Å². The van der Waals surface area contributed by atoms with Crippen molar-refractivity contribution < 1.29 is 62.0 Å². The molecule has 0 fully saturated rings. The highest BCUT2D eigenvalue weighted by Crippen LogP contribution is 2.11. The van der Waals surface area contributed by atoms with Gasteiger partial charge in [0.1, 0.15) is 36.4 Å². The number of carbonyl (C=O) groups is 8. The molecule has 1 aromatic carbocycles. The quantitative estimate of drug-likeness (QED) is 0.0444. The van der Waals surface area contributed by atoms with Gasteiger partial charge >= 0.3 is 30.0 Å². The van der Waals surface area contributed by atoms with Crippen LogP contribution in [0.4, 0.5) is 4.79 Å². The summed E-state index contributed by atoms with van der Waals surface area (Å²) < 4.78 is 26.0. The first-order valence-electron chi connectivity index (χ1n) is 20.1. The Hall–Kier alpha value is -5.48. The summed E-state index contributed by atoms with van der Waals surface area (Å²) in [5, 5.41) is 10.00. The predicted octanol–water partition coefficient (Wildman–Crippen LogP) is 4.24. The first-order valence-corrected chi connectivity index (χ1v) is 20.1. The zero-order chi connectivity index (χ0) is 44.4. The molecule has 4 amide bonds. The third-order valence-corrected chi connectivity index (χ3v) is 8.30. The van der Waals surface area contributed by atoms with Crippen LogP contribution in [0.3, 0.4) is 0 Å². The van der Waals surface area contributed by atoms with Gasteiger partial charge in [-0.05, 0) is 59.4 Å². The number of alkyl carbamates (subject to hydrolysis) is 1. The number of nitrogens with one attached hydrogen (secondary N) is 4. The number of benzene rings is 1. The largest absolute Gasteiger partial charge is 0.467 e. The number of ether oxygens (including phenoxy) is 5. The molecule has 1 aromatic rings. The average molecular weight is 833 g/mol. The predicted molar refractivity (Wildman–Crippen MR) is 216 cm³/mol. The van der Waals surface area contributed by atoms with Gasteiger partial charge < -0.3 is 45.0 Å². The van der Waals surface area contributed by atoms with Crippen molar-refractivity contribution in [2.45, 2.75) is 155 Å². The first kappa shape index (κ1) is 51.5. The maximum Gasteiger partial charge on any atom is 0.408 e. The minimum absolute atomic E-state index is 0.0470. The summed E-state index contributed by atoms with van der Waals surface area (Å²) in [4.78, 5) is 103. The van der Waals surface area contributed by atoms with Gasteiger partial charge in [0.05, 0.1) is 13.7 Å². The van der Waals surface area contributed by atoms with E-state index in [1.54, 1.807) is 45.0 Å². The van der Waals surface area contributed by atoms with Crippen molar-refractivity contribution in [1.29, 1.82) is 0 Å². The van der Waals surface area contributed by atoms with Crippen LogP contribution >= 0.6 is 0 Å². The molecule has 0 aliphatic heterocycles. The summed E-state index contributed by atoms with van der Waals surface area (Å²) in [6.45, 7) is 11.6. The van der Waals surface area contributed by atoms with E-state index in [0.29, 0.717) is 12.8 Å². The lowest BCUT2D eigenvalue weighted by atomic mass is 10.1. The normalized spacial score (nSPS) is 13.7. The molecule has 17 heteroatoms. The van der Waals surface area contributed by atoms with Crippen LogP contribution in [-0.4, -0.2) is 97.3 Å². The summed E-state index contributed by atoms with van der Waals surface area (Å²) in [7, 11) is 1.14. The molecule has 4 N–H and O–H groups in total. The third-order valence-electron chi connectivity index (χ3n) is 8.30. The van der Waals surface area contributed by atoms with Crippen LogP contribution in [0.25, 0.3) is 0 Å². The van der Waals surface area contributed by atoms with Crippen molar-refractivity contribution in [2.75, 3.05) is 13.7 Å². The van der Waals surface area contributed by atoms with Crippen molar-refractivity contribution >= 4 is 47.7 Å². The van der Waals surface area contributed by atoms with Crippen LogP contribution in [0, 0.1) is 0 Å². The first-order chi connectivity index (χ1) is 27.9. The van der Waals surface area contributed by atoms with E-state index < -0.39 is 77.7 Å². The Kier molecular flexibility index (Phi) is 24.5. The van der Waals surface area contributed by atoms with E-state index in [1.165, 1.54) is 26.0 Å². The number of rotatable bonds is 26. The maximum absolute atomic E-state index is 13.4. The molecule has 0 saturated carbocycles. The molecule has 5 atom stereocenters. The van der Waals surface area contributed by atoms with Crippen molar-refractivity contribution in [3.05, 3.63) is 48.0 Å². The molecular formula is C42H64N4O13. The van der Waals surface area contributed by atoms with Gasteiger partial charge in [-0.25, -0.2) is 24.0 Å².